The second-order valence-electron chi connectivity index (χ2n) is 4.78. The fourth-order valence-electron chi connectivity index (χ4n) is 1.96. The maximum Gasteiger partial charge on any atom is 0.305 e. The molecule has 1 fully saturated rings. The molecule has 0 radical (unpaired) electrons. The predicted molar refractivity (Wildman–Crippen MR) is 90.0 cm³/mol. The Bertz CT molecular complexity index is 745. The van der Waals surface area contributed by atoms with E-state index < -0.39 is 10.9 Å². The molecule has 1 saturated heterocycles. The van der Waals surface area contributed by atoms with Crippen molar-refractivity contribution in [2.24, 2.45) is 0 Å². The van der Waals surface area contributed by atoms with Crippen molar-refractivity contribution < 1.29 is 19.6 Å². The zero-order chi connectivity index (χ0) is 17.1. The van der Waals surface area contributed by atoms with Gasteiger partial charge in [0.25, 0.3) is 11.6 Å². The first-order chi connectivity index (χ1) is 10.8. The molecule has 2 rings (SSSR count). The minimum absolute atomic E-state index is 0.00534. The van der Waals surface area contributed by atoms with E-state index in [4.69, 9.17) is 17.3 Å². The highest BCUT2D eigenvalue weighted by Gasteiger charge is 2.32. The van der Waals surface area contributed by atoms with Gasteiger partial charge in [-0.05, 0) is 18.6 Å². The molecule has 1 N–H and O–H groups in total. The molecule has 1 aliphatic rings. The van der Waals surface area contributed by atoms with Gasteiger partial charge in [0, 0.05) is 18.2 Å². The molecule has 1 aliphatic heterocycles. The van der Waals surface area contributed by atoms with Crippen molar-refractivity contribution in [3.8, 4) is 0 Å². The van der Waals surface area contributed by atoms with Gasteiger partial charge in [-0.15, -0.1) is 0 Å². The Hall–Kier alpha value is -2.26. The largest absolute Gasteiger partial charge is 0.481 e. The van der Waals surface area contributed by atoms with Crippen LogP contribution in [0, 0.1) is 17.0 Å². The lowest BCUT2D eigenvalue weighted by atomic mass is 10.1. The van der Waals surface area contributed by atoms with Crippen LogP contribution in [0.4, 0.5) is 5.69 Å². The second kappa shape index (κ2) is 6.88. The summed E-state index contributed by atoms with van der Waals surface area (Å²) in [6.45, 7) is 1.64. The second-order valence-corrected chi connectivity index (χ2v) is 6.46. The van der Waals surface area contributed by atoms with E-state index in [0.29, 0.717) is 16.0 Å². The Labute approximate surface area is 141 Å². The number of amides is 1. The first kappa shape index (κ1) is 17.1. The summed E-state index contributed by atoms with van der Waals surface area (Å²) >= 11 is 6.13. The number of aliphatic carboxylic acids is 1. The molecule has 1 aromatic carbocycles. The monoisotopic (exact) mass is 352 g/mol. The number of hydrogen-bond acceptors (Lipinski definition) is 6. The highest BCUT2D eigenvalue weighted by Crippen LogP contribution is 2.33. The summed E-state index contributed by atoms with van der Waals surface area (Å²) in [4.78, 5) is 34.9. The molecular weight excluding hydrogens is 340 g/mol. The number of thioether (sulfide) groups is 1. The number of carboxylic acids is 1. The lowest BCUT2D eigenvalue weighted by Crippen LogP contribution is -2.30. The Morgan fingerprint density at radius 2 is 2.22 bits per heavy atom. The van der Waals surface area contributed by atoms with E-state index in [9.17, 15) is 19.7 Å². The maximum absolute atomic E-state index is 12.2. The number of nitrogens with zero attached hydrogens (tertiary/aromatic N) is 2. The first-order valence-corrected chi connectivity index (χ1v) is 7.74. The topological polar surface area (TPSA) is 101 Å². The number of carbonyl (C=O) groups excluding carboxylic acids is 1. The van der Waals surface area contributed by atoms with Crippen LogP contribution in [0.3, 0.4) is 0 Å². The van der Waals surface area contributed by atoms with E-state index in [-0.39, 0.29) is 28.9 Å². The van der Waals surface area contributed by atoms with Gasteiger partial charge >= 0.3 is 5.97 Å². The zero-order valence-corrected chi connectivity index (χ0v) is 13.6. The number of hydrogen-bond donors (Lipinski definition) is 1. The molecule has 0 aliphatic carbocycles. The molecule has 0 spiro atoms. The number of carboxylic acid groups (broad SMARTS) is 1. The van der Waals surface area contributed by atoms with Gasteiger partial charge in [-0.2, -0.15) is 0 Å². The molecule has 120 valence electrons. The van der Waals surface area contributed by atoms with Gasteiger partial charge in [-0.3, -0.25) is 24.6 Å². The van der Waals surface area contributed by atoms with Crippen LogP contribution in [-0.4, -0.2) is 37.7 Å². The minimum atomic E-state index is -1.02. The van der Waals surface area contributed by atoms with Gasteiger partial charge in [-0.1, -0.05) is 36.1 Å². The van der Waals surface area contributed by atoms with Gasteiger partial charge in [0.1, 0.15) is 4.32 Å². The van der Waals surface area contributed by atoms with Crippen molar-refractivity contribution in [2.75, 3.05) is 6.54 Å². The number of benzene rings is 1. The summed E-state index contributed by atoms with van der Waals surface area (Å²) in [6.07, 6.45) is 1.32. The van der Waals surface area contributed by atoms with Crippen molar-refractivity contribution in [3.05, 3.63) is 44.3 Å². The van der Waals surface area contributed by atoms with Crippen LogP contribution in [0.1, 0.15) is 17.5 Å². The SMILES string of the molecule is Cc1ccc(C=C2SC(=S)N(CCC(=O)O)C2=O)cc1[N+](=O)[O-]. The molecule has 0 atom stereocenters. The molecule has 0 aromatic heterocycles. The molecular formula is C14H12N2O5S2. The average molecular weight is 352 g/mol. The van der Waals surface area contributed by atoms with Gasteiger partial charge < -0.3 is 5.11 Å². The molecule has 0 unspecified atom stereocenters. The number of carbonyl (C=O) groups is 2. The predicted octanol–water partition coefficient (Wildman–Crippen LogP) is 2.58. The van der Waals surface area contributed by atoms with Crippen LogP contribution < -0.4 is 0 Å². The number of rotatable bonds is 5. The van der Waals surface area contributed by atoms with Crippen molar-refractivity contribution in [2.45, 2.75) is 13.3 Å². The first-order valence-electron chi connectivity index (χ1n) is 6.52. The van der Waals surface area contributed by atoms with Crippen LogP contribution in [0.5, 0.6) is 0 Å². The zero-order valence-electron chi connectivity index (χ0n) is 12.0. The van der Waals surface area contributed by atoms with Crippen LogP contribution in [-0.2, 0) is 9.59 Å². The van der Waals surface area contributed by atoms with Crippen LogP contribution in [0.2, 0.25) is 0 Å². The van der Waals surface area contributed by atoms with Gasteiger partial charge in [0.2, 0.25) is 0 Å². The standard InChI is InChI=1S/C14H12N2O5S2/c1-8-2-3-9(6-10(8)16(20)21)7-11-13(19)15(14(22)23-11)5-4-12(17)18/h2-3,6-7H,4-5H2,1H3,(H,17,18). The van der Waals surface area contributed by atoms with E-state index in [1.807, 2.05) is 0 Å². The Kier molecular flexibility index (Phi) is 5.12. The highest BCUT2D eigenvalue weighted by molar-refractivity contribution is 8.26. The molecule has 7 nitrogen and oxygen atoms in total. The number of aryl methyl sites for hydroxylation is 1. The summed E-state index contributed by atoms with van der Waals surface area (Å²) in [5.41, 5.74) is 1.02. The molecule has 0 saturated carbocycles. The average Bonchev–Trinajstić information content (AvgIpc) is 2.73. The maximum atomic E-state index is 12.2. The van der Waals surface area contributed by atoms with Crippen molar-refractivity contribution in [1.29, 1.82) is 0 Å². The van der Waals surface area contributed by atoms with E-state index >= 15 is 0 Å². The van der Waals surface area contributed by atoms with E-state index in [0.717, 1.165) is 11.8 Å². The smallest absolute Gasteiger partial charge is 0.305 e. The number of nitro benzene ring substituents is 1. The molecule has 1 heterocycles. The number of thiocarbonyl (C=S) groups is 1. The fraction of sp³-hybridized carbons (Fsp3) is 0.214. The van der Waals surface area contributed by atoms with Crippen molar-refractivity contribution >= 4 is 51.9 Å². The summed E-state index contributed by atoms with van der Waals surface area (Å²) in [6, 6.07) is 4.67. The Balaban J connectivity index is 2.25. The Morgan fingerprint density at radius 1 is 1.52 bits per heavy atom. The molecule has 23 heavy (non-hydrogen) atoms. The third kappa shape index (κ3) is 3.93. The lowest BCUT2D eigenvalue weighted by molar-refractivity contribution is -0.385. The third-order valence-electron chi connectivity index (χ3n) is 3.15. The minimum Gasteiger partial charge on any atom is -0.481 e. The molecule has 1 amide bonds. The fourth-order valence-corrected chi connectivity index (χ4v) is 3.27. The van der Waals surface area contributed by atoms with Crippen molar-refractivity contribution in [3.63, 3.8) is 0 Å². The van der Waals surface area contributed by atoms with E-state index in [2.05, 4.69) is 0 Å². The molecule has 0 bridgehead atoms. The third-order valence-corrected chi connectivity index (χ3v) is 4.53. The molecule has 1 aromatic rings. The van der Waals surface area contributed by atoms with E-state index in [1.165, 1.54) is 17.0 Å². The van der Waals surface area contributed by atoms with Gasteiger partial charge in [0.15, 0.2) is 0 Å². The highest BCUT2D eigenvalue weighted by atomic mass is 32.2. The van der Waals surface area contributed by atoms with Gasteiger partial charge in [-0.25, -0.2) is 0 Å². The number of nitro groups is 1. The van der Waals surface area contributed by atoms with E-state index in [1.54, 1.807) is 19.1 Å². The molecule has 9 heteroatoms. The van der Waals surface area contributed by atoms with Gasteiger partial charge in [0.05, 0.1) is 16.2 Å². The quantitative estimate of drug-likeness (QED) is 0.376. The van der Waals surface area contributed by atoms with Crippen LogP contribution in [0.25, 0.3) is 6.08 Å². The summed E-state index contributed by atoms with van der Waals surface area (Å²) in [7, 11) is 0. The summed E-state index contributed by atoms with van der Waals surface area (Å²) < 4.78 is 0.282. The summed E-state index contributed by atoms with van der Waals surface area (Å²) in [5.74, 6) is -1.40. The van der Waals surface area contributed by atoms with Crippen molar-refractivity contribution in [1.82, 2.24) is 4.90 Å². The normalized spacial score (nSPS) is 16.2. The van der Waals surface area contributed by atoms with Crippen LogP contribution >= 0.6 is 24.0 Å². The van der Waals surface area contributed by atoms with Crippen LogP contribution in [0.15, 0.2) is 23.1 Å². The Morgan fingerprint density at radius 3 is 2.83 bits per heavy atom. The summed E-state index contributed by atoms with van der Waals surface area (Å²) in [5, 5.41) is 19.6. The lowest BCUT2D eigenvalue weighted by Gasteiger charge is -2.12.